The fraction of sp³-hybridized carbons (Fsp3) is 0.133. The van der Waals surface area contributed by atoms with E-state index < -0.39 is 5.97 Å². The molecule has 0 amide bonds. The van der Waals surface area contributed by atoms with E-state index >= 15 is 0 Å². The van der Waals surface area contributed by atoms with Crippen LogP contribution in [0, 0.1) is 0 Å². The van der Waals surface area contributed by atoms with Crippen molar-refractivity contribution < 1.29 is 14.3 Å². The van der Waals surface area contributed by atoms with E-state index in [0.717, 1.165) is 5.52 Å². The summed E-state index contributed by atoms with van der Waals surface area (Å²) in [5.41, 5.74) is 2.90. The molecular weight excluding hydrogens is 256 g/mol. The van der Waals surface area contributed by atoms with Gasteiger partial charge in [-0.15, -0.1) is 0 Å². The van der Waals surface area contributed by atoms with Crippen LogP contribution < -0.4 is 4.74 Å². The molecule has 0 saturated carbocycles. The molecule has 0 radical (unpaired) electrons. The number of esters is 1. The van der Waals surface area contributed by atoms with Gasteiger partial charge in [0.1, 0.15) is 16.8 Å². The molecule has 0 saturated heterocycles. The Labute approximate surface area is 115 Å². The molecule has 2 aromatic carbocycles. The van der Waals surface area contributed by atoms with Crippen LogP contribution in [0.2, 0.25) is 0 Å². The first-order chi connectivity index (χ1) is 9.74. The van der Waals surface area contributed by atoms with Crippen molar-refractivity contribution in [3.63, 3.8) is 0 Å². The van der Waals surface area contributed by atoms with Gasteiger partial charge < -0.3 is 9.47 Å². The standard InChI is InChI=1S/C15H12N2O3/c1-19-12-8-4-7-11-14(12)17-13-9(15(18)20-2)5-3-6-10(13)16-11/h3-8H,1-2H3. The van der Waals surface area contributed by atoms with Crippen molar-refractivity contribution in [1.29, 1.82) is 0 Å². The number of carbonyl (C=O) groups excluding carboxylic acids is 1. The number of aromatic nitrogens is 2. The second-order valence-electron chi connectivity index (χ2n) is 4.22. The van der Waals surface area contributed by atoms with Crippen LogP contribution >= 0.6 is 0 Å². The number of nitrogens with zero attached hydrogens (tertiary/aromatic N) is 2. The lowest BCUT2D eigenvalue weighted by atomic mass is 10.1. The Morgan fingerprint density at radius 3 is 2.35 bits per heavy atom. The summed E-state index contributed by atoms with van der Waals surface area (Å²) in [5.74, 6) is 0.190. The molecule has 100 valence electrons. The zero-order valence-corrected chi connectivity index (χ0v) is 11.1. The number of methoxy groups -OCH3 is 2. The van der Waals surface area contributed by atoms with Crippen molar-refractivity contribution in [2.45, 2.75) is 0 Å². The number of benzene rings is 2. The normalized spacial score (nSPS) is 10.7. The molecule has 0 fully saturated rings. The maximum absolute atomic E-state index is 11.8. The van der Waals surface area contributed by atoms with Gasteiger partial charge >= 0.3 is 5.97 Å². The molecule has 0 spiro atoms. The van der Waals surface area contributed by atoms with Gasteiger partial charge in [0.25, 0.3) is 0 Å². The first-order valence-electron chi connectivity index (χ1n) is 6.06. The van der Waals surface area contributed by atoms with Crippen molar-refractivity contribution in [2.75, 3.05) is 14.2 Å². The van der Waals surface area contributed by atoms with E-state index in [1.165, 1.54) is 7.11 Å². The molecule has 3 aromatic rings. The third-order valence-corrected chi connectivity index (χ3v) is 3.08. The van der Waals surface area contributed by atoms with Crippen molar-refractivity contribution in [2.24, 2.45) is 0 Å². The van der Waals surface area contributed by atoms with Gasteiger partial charge in [-0.25, -0.2) is 14.8 Å². The second-order valence-corrected chi connectivity index (χ2v) is 4.22. The van der Waals surface area contributed by atoms with E-state index in [2.05, 4.69) is 9.97 Å². The van der Waals surface area contributed by atoms with E-state index in [9.17, 15) is 4.79 Å². The lowest BCUT2D eigenvalue weighted by Gasteiger charge is -2.07. The molecule has 0 bridgehead atoms. The van der Waals surface area contributed by atoms with Crippen LogP contribution in [0.15, 0.2) is 36.4 Å². The molecule has 0 aliphatic carbocycles. The zero-order chi connectivity index (χ0) is 14.1. The summed E-state index contributed by atoms with van der Waals surface area (Å²) in [5, 5.41) is 0. The smallest absolute Gasteiger partial charge is 0.340 e. The molecule has 3 rings (SSSR count). The molecule has 0 atom stereocenters. The summed E-state index contributed by atoms with van der Waals surface area (Å²) in [4.78, 5) is 20.8. The third kappa shape index (κ3) is 1.84. The number of rotatable bonds is 2. The Morgan fingerprint density at radius 2 is 1.65 bits per heavy atom. The molecular formula is C15H12N2O3. The molecule has 0 aliphatic rings. The van der Waals surface area contributed by atoms with Crippen molar-refractivity contribution in [1.82, 2.24) is 9.97 Å². The van der Waals surface area contributed by atoms with Crippen LogP contribution in [-0.4, -0.2) is 30.2 Å². The molecule has 20 heavy (non-hydrogen) atoms. The van der Waals surface area contributed by atoms with Crippen LogP contribution in [0.25, 0.3) is 22.1 Å². The predicted molar refractivity (Wildman–Crippen MR) is 74.9 cm³/mol. The van der Waals surface area contributed by atoms with Gasteiger partial charge in [-0.05, 0) is 24.3 Å². The van der Waals surface area contributed by atoms with E-state index in [1.54, 1.807) is 19.2 Å². The van der Waals surface area contributed by atoms with Gasteiger partial charge in [-0.2, -0.15) is 0 Å². The van der Waals surface area contributed by atoms with Crippen molar-refractivity contribution in [3.05, 3.63) is 42.0 Å². The summed E-state index contributed by atoms with van der Waals surface area (Å²) in [6.45, 7) is 0. The number of hydrogen-bond acceptors (Lipinski definition) is 5. The summed E-state index contributed by atoms with van der Waals surface area (Å²) in [7, 11) is 2.92. The Bertz CT molecular complexity index is 815. The minimum absolute atomic E-state index is 0.394. The predicted octanol–water partition coefficient (Wildman–Crippen LogP) is 2.58. The van der Waals surface area contributed by atoms with Gasteiger partial charge in [-0.3, -0.25) is 0 Å². The van der Waals surface area contributed by atoms with Gasteiger partial charge in [0.05, 0.1) is 30.8 Å². The van der Waals surface area contributed by atoms with Crippen LogP contribution in [0.1, 0.15) is 10.4 Å². The van der Waals surface area contributed by atoms with Crippen LogP contribution in [0.5, 0.6) is 5.75 Å². The average Bonchev–Trinajstić information content (AvgIpc) is 2.50. The lowest BCUT2D eigenvalue weighted by Crippen LogP contribution is -2.04. The summed E-state index contributed by atoms with van der Waals surface area (Å²) >= 11 is 0. The van der Waals surface area contributed by atoms with Crippen molar-refractivity contribution >= 4 is 28.0 Å². The SMILES string of the molecule is COC(=O)c1cccc2nc3cccc(OC)c3nc12. The first kappa shape index (κ1) is 12.3. The van der Waals surface area contributed by atoms with Gasteiger partial charge in [0, 0.05) is 0 Å². The molecule has 0 aliphatic heterocycles. The number of hydrogen-bond donors (Lipinski definition) is 0. The Hall–Kier alpha value is -2.69. The number of para-hydroxylation sites is 2. The maximum Gasteiger partial charge on any atom is 0.340 e. The van der Waals surface area contributed by atoms with Gasteiger partial charge in [0.2, 0.25) is 0 Å². The van der Waals surface area contributed by atoms with Gasteiger partial charge in [0.15, 0.2) is 0 Å². The van der Waals surface area contributed by atoms with Crippen molar-refractivity contribution in [3.8, 4) is 5.75 Å². The second kappa shape index (κ2) is 4.77. The first-order valence-corrected chi connectivity index (χ1v) is 6.06. The summed E-state index contributed by atoms with van der Waals surface area (Å²) in [6.07, 6.45) is 0. The highest BCUT2D eigenvalue weighted by molar-refractivity contribution is 6.03. The number of fused-ring (bicyclic) bond motifs is 2. The van der Waals surface area contributed by atoms with Crippen LogP contribution in [0.4, 0.5) is 0 Å². The highest BCUT2D eigenvalue weighted by Gasteiger charge is 2.14. The third-order valence-electron chi connectivity index (χ3n) is 3.08. The quantitative estimate of drug-likeness (QED) is 0.528. The van der Waals surface area contributed by atoms with E-state index in [4.69, 9.17) is 9.47 Å². The van der Waals surface area contributed by atoms with Crippen LogP contribution in [0.3, 0.4) is 0 Å². The zero-order valence-electron chi connectivity index (χ0n) is 11.1. The minimum atomic E-state index is -0.431. The topological polar surface area (TPSA) is 61.3 Å². The van der Waals surface area contributed by atoms with E-state index in [-0.39, 0.29) is 0 Å². The minimum Gasteiger partial charge on any atom is -0.494 e. The number of carbonyl (C=O) groups is 1. The Balaban J connectivity index is 2.40. The fourth-order valence-corrected chi connectivity index (χ4v) is 2.13. The molecule has 5 heteroatoms. The molecule has 1 aromatic heterocycles. The number of ether oxygens (including phenoxy) is 2. The lowest BCUT2D eigenvalue weighted by molar-refractivity contribution is 0.0603. The summed E-state index contributed by atoms with van der Waals surface area (Å²) in [6, 6.07) is 10.8. The van der Waals surface area contributed by atoms with Crippen LogP contribution in [-0.2, 0) is 4.74 Å². The van der Waals surface area contributed by atoms with Gasteiger partial charge in [-0.1, -0.05) is 12.1 Å². The molecule has 5 nitrogen and oxygen atoms in total. The van der Waals surface area contributed by atoms with E-state index in [0.29, 0.717) is 27.9 Å². The maximum atomic E-state index is 11.8. The molecule has 0 unspecified atom stereocenters. The largest absolute Gasteiger partial charge is 0.494 e. The average molecular weight is 268 g/mol. The highest BCUT2D eigenvalue weighted by atomic mass is 16.5. The highest BCUT2D eigenvalue weighted by Crippen LogP contribution is 2.26. The summed E-state index contributed by atoms with van der Waals surface area (Å²) < 4.78 is 10.1. The fourth-order valence-electron chi connectivity index (χ4n) is 2.13. The molecule has 1 heterocycles. The Morgan fingerprint density at radius 1 is 0.950 bits per heavy atom. The van der Waals surface area contributed by atoms with E-state index in [1.807, 2.05) is 24.3 Å². The molecule has 0 N–H and O–H groups in total. The monoisotopic (exact) mass is 268 g/mol. The Kier molecular flexibility index (Phi) is 2.95.